The Balaban J connectivity index is 2.89. The fraction of sp³-hybridized carbons (Fsp3) is 0.615. The Kier molecular flexibility index (Phi) is 7.89. The van der Waals surface area contributed by atoms with E-state index in [1.54, 1.807) is 0 Å². The molecule has 0 unspecified atom stereocenters. The van der Waals surface area contributed by atoms with Gasteiger partial charge in [0.05, 0.1) is 12.7 Å². The second-order valence-corrected chi connectivity index (χ2v) is 5.49. The van der Waals surface area contributed by atoms with Crippen molar-refractivity contribution in [1.29, 1.82) is 0 Å². The number of aliphatic carboxylic acids is 1. The van der Waals surface area contributed by atoms with E-state index in [0.717, 1.165) is 0 Å². The lowest BCUT2D eigenvalue weighted by molar-refractivity contribution is -0.140. The summed E-state index contributed by atoms with van der Waals surface area (Å²) in [6.45, 7) is 0.606. The number of urea groups is 1. The van der Waals surface area contributed by atoms with Gasteiger partial charge < -0.3 is 41.8 Å². The number of carbonyl (C=O) groups is 3. The van der Waals surface area contributed by atoms with Crippen molar-refractivity contribution in [3.63, 3.8) is 0 Å². The van der Waals surface area contributed by atoms with Crippen LogP contribution in [0.3, 0.4) is 0 Å². The fourth-order valence-electron chi connectivity index (χ4n) is 1.82. The van der Waals surface area contributed by atoms with Gasteiger partial charge in [-0.05, 0) is 13.3 Å². The van der Waals surface area contributed by atoms with Crippen LogP contribution in [0.4, 0.5) is 4.79 Å². The van der Waals surface area contributed by atoms with Crippen molar-refractivity contribution in [1.82, 2.24) is 20.8 Å². The van der Waals surface area contributed by atoms with E-state index >= 15 is 0 Å². The Morgan fingerprint density at radius 3 is 2.35 bits per heavy atom. The number of nitrogens with two attached hydrogens (primary N) is 2. The normalized spacial score (nSPS) is 15.5. The molecule has 1 rings (SSSR count). The number of carbonyl (C=O) groups excluding carboxylic acids is 2. The zero-order chi connectivity index (χ0) is 19.9. The molecule has 146 valence electrons. The maximum absolute atomic E-state index is 11.9. The third-order valence-corrected chi connectivity index (χ3v) is 3.33. The van der Waals surface area contributed by atoms with E-state index in [1.807, 2.05) is 5.32 Å². The van der Waals surface area contributed by atoms with Crippen LogP contribution in [0.15, 0.2) is 4.42 Å². The molecule has 0 saturated carbocycles. The smallest absolute Gasteiger partial charge is 0.328 e. The van der Waals surface area contributed by atoms with E-state index in [1.165, 1.54) is 6.92 Å². The molecule has 0 saturated heterocycles. The van der Waals surface area contributed by atoms with Crippen LogP contribution in [0.25, 0.3) is 0 Å². The van der Waals surface area contributed by atoms with Crippen molar-refractivity contribution in [3.05, 3.63) is 11.8 Å². The molecule has 4 atom stereocenters. The van der Waals surface area contributed by atoms with Crippen LogP contribution in [-0.2, 0) is 9.59 Å². The highest BCUT2D eigenvalue weighted by Gasteiger charge is 2.26. The van der Waals surface area contributed by atoms with Crippen molar-refractivity contribution in [2.24, 2.45) is 11.5 Å². The first-order valence-corrected chi connectivity index (χ1v) is 7.61. The van der Waals surface area contributed by atoms with Crippen LogP contribution in [0, 0.1) is 0 Å². The van der Waals surface area contributed by atoms with E-state index in [9.17, 15) is 19.5 Å². The SMILES string of the molecule is C[C@@H](O)[C@H](N)c1nnc([C@H](CCC(N)=O)NC(=O)N[C@@H](CO)C(=O)O)o1. The quantitative estimate of drug-likeness (QED) is 0.228. The van der Waals surface area contributed by atoms with Crippen molar-refractivity contribution < 1.29 is 34.1 Å². The van der Waals surface area contributed by atoms with E-state index < -0.39 is 48.7 Å². The van der Waals surface area contributed by atoms with Crippen LogP contribution < -0.4 is 22.1 Å². The molecular formula is C13H22N6O7. The van der Waals surface area contributed by atoms with Gasteiger partial charge >= 0.3 is 12.0 Å². The Bertz CT molecular complexity index is 634. The second kappa shape index (κ2) is 9.65. The van der Waals surface area contributed by atoms with E-state index in [0.29, 0.717) is 0 Å². The number of primary amides is 1. The minimum Gasteiger partial charge on any atom is -0.480 e. The minimum absolute atomic E-state index is 0.00876. The molecule has 1 aromatic rings. The number of amides is 3. The summed E-state index contributed by atoms with van der Waals surface area (Å²) in [4.78, 5) is 33.8. The lowest BCUT2D eigenvalue weighted by atomic mass is 10.1. The summed E-state index contributed by atoms with van der Waals surface area (Å²) in [5.41, 5.74) is 10.8. The minimum atomic E-state index is -1.52. The van der Waals surface area contributed by atoms with E-state index in [-0.39, 0.29) is 24.6 Å². The second-order valence-electron chi connectivity index (χ2n) is 5.49. The Labute approximate surface area is 147 Å². The average Bonchev–Trinajstić information content (AvgIpc) is 3.04. The largest absolute Gasteiger partial charge is 0.480 e. The molecule has 13 heteroatoms. The average molecular weight is 374 g/mol. The van der Waals surface area contributed by atoms with Gasteiger partial charge in [0.1, 0.15) is 12.1 Å². The highest BCUT2D eigenvalue weighted by molar-refractivity contribution is 5.82. The van der Waals surface area contributed by atoms with Gasteiger partial charge in [0, 0.05) is 6.42 Å². The Morgan fingerprint density at radius 2 is 1.85 bits per heavy atom. The van der Waals surface area contributed by atoms with Crippen molar-refractivity contribution >= 4 is 17.9 Å². The summed E-state index contributed by atoms with van der Waals surface area (Å²) in [6.07, 6.45) is -1.11. The zero-order valence-corrected chi connectivity index (χ0v) is 14.0. The number of aliphatic hydroxyl groups is 2. The number of nitrogens with one attached hydrogen (secondary N) is 2. The van der Waals surface area contributed by atoms with Crippen LogP contribution >= 0.6 is 0 Å². The maximum atomic E-state index is 11.9. The fourth-order valence-corrected chi connectivity index (χ4v) is 1.82. The van der Waals surface area contributed by atoms with Crippen molar-refractivity contribution in [2.75, 3.05) is 6.61 Å². The van der Waals surface area contributed by atoms with Gasteiger partial charge in [0.15, 0.2) is 6.04 Å². The molecule has 13 nitrogen and oxygen atoms in total. The third kappa shape index (κ3) is 6.27. The molecule has 0 aliphatic carbocycles. The summed E-state index contributed by atoms with van der Waals surface area (Å²) in [7, 11) is 0. The standard InChI is InChI=1S/C13H22N6O7/c1-5(21)9(15)11-19-18-10(26-11)6(2-3-8(14)22)16-13(25)17-7(4-20)12(23)24/h5-7,9,20-21H,2-4,15H2,1H3,(H2,14,22)(H,23,24)(H2,16,17,25)/t5-,6+,7+,9+/m1/s1. The molecule has 0 aliphatic heterocycles. The first-order chi connectivity index (χ1) is 12.1. The van der Waals surface area contributed by atoms with Crippen LogP contribution in [0.5, 0.6) is 0 Å². The molecule has 3 amide bonds. The number of hydrogen-bond acceptors (Lipinski definition) is 9. The molecule has 0 fully saturated rings. The van der Waals surface area contributed by atoms with Crippen LogP contribution in [0.1, 0.15) is 43.6 Å². The first kappa shape index (κ1) is 21.3. The van der Waals surface area contributed by atoms with E-state index in [2.05, 4.69) is 15.5 Å². The predicted molar refractivity (Wildman–Crippen MR) is 84.3 cm³/mol. The topological polar surface area (TPSA) is 227 Å². The number of carboxylic acid groups (broad SMARTS) is 1. The number of rotatable bonds is 10. The predicted octanol–water partition coefficient (Wildman–Crippen LogP) is -2.50. The van der Waals surface area contributed by atoms with Crippen LogP contribution in [-0.4, -0.2) is 62.2 Å². The van der Waals surface area contributed by atoms with Crippen molar-refractivity contribution in [3.8, 4) is 0 Å². The summed E-state index contributed by atoms with van der Waals surface area (Å²) >= 11 is 0. The number of aromatic nitrogens is 2. The molecule has 26 heavy (non-hydrogen) atoms. The maximum Gasteiger partial charge on any atom is 0.328 e. The lowest BCUT2D eigenvalue weighted by Gasteiger charge is -2.17. The summed E-state index contributed by atoms with van der Waals surface area (Å²) < 4.78 is 5.31. The van der Waals surface area contributed by atoms with E-state index in [4.69, 9.17) is 26.1 Å². The van der Waals surface area contributed by atoms with Gasteiger partial charge in [-0.1, -0.05) is 0 Å². The number of carboxylic acids is 1. The number of nitrogens with zero attached hydrogens (tertiary/aromatic N) is 2. The van der Waals surface area contributed by atoms with Gasteiger partial charge in [-0.3, -0.25) is 4.79 Å². The van der Waals surface area contributed by atoms with Crippen LogP contribution in [0.2, 0.25) is 0 Å². The molecule has 0 aromatic carbocycles. The molecule has 0 radical (unpaired) electrons. The molecule has 0 bridgehead atoms. The van der Waals surface area contributed by atoms with Gasteiger partial charge in [0.2, 0.25) is 17.7 Å². The number of aliphatic hydroxyl groups excluding tert-OH is 2. The third-order valence-electron chi connectivity index (χ3n) is 3.33. The monoisotopic (exact) mass is 374 g/mol. The highest BCUT2D eigenvalue weighted by Crippen LogP contribution is 2.20. The lowest BCUT2D eigenvalue weighted by Crippen LogP contribution is -2.48. The van der Waals surface area contributed by atoms with Crippen molar-refractivity contribution in [2.45, 2.75) is 44.0 Å². The Morgan fingerprint density at radius 1 is 1.23 bits per heavy atom. The zero-order valence-electron chi connectivity index (χ0n) is 14.0. The molecule has 1 aromatic heterocycles. The molecular weight excluding hydrogens is 352 g/mol. The molecule has 1 heterocycles. The Hall–Kier alpha value is -2.77. The molecule has 9 N–H and O–H groups in total. The summed E-state index contributed by atoms with van der Waals surface area (Å²) in [5.74, 6) is -2.26. The van der Waals surface area contributed by atoms with Gasteiger partial charge in [-0.25, -0.2) is 9.59 Å². The van der Waals surface area contributed by atoms with Gasteiger partial charge in [-0.2, -0.15) is 0 Å². The molecule has 0 aliphatic rings. The first-order valence-electron chi connectivity index (χ1n) is 7.61. The van der Waals surface area contributed by atoms with Gasteiger partial charge in [-0.15, -0.1) is 10.2 Å². The summed E-state index contributed by atoms with van der Waals surface area (Å²) in [6, 6.07) is -4.39. The molecule has 0 spiro atoms. The summed E-state index contributed by atoms with van der Waals surface area (Å²) in [5, 5.41) is 39.0. The van der Waals surface area contributed by atoms with Gasteiger partial charge in [0.25, 0.3) is 0 Å². The number of hydrogen-bond donors (Lipinski definition) is 7. The highest BCUT2D eigenvalue weighted by atomic mass is 16.4.